The third-order valence-electron chi connectivity index (χ3n) is 4.20. The minimum Gasteiger partial charge on any atom is -0.373 e. The van der Waals surface area contributed by atoms with E-state index < -0.39 is 0 Å². The normalized spacial score (nSPS) is 24.3. The van der Waals surface area contributed by atoms with Crippen molar-refractivity contribution in [1.82, 2.24) is 10.2 Å². The third-order valence-corrected chi connectivity index (χ3v) is 4.20. The summed E-state index contributed by atoms with van der Waals surface area (Å²) in [5.41, 5.74) is 1.13. The number of fused-ring (bicyclic) bond motifs is 1. The molecule has 0 aromatic heterocycles. The molecule has 6 nitrogen and oxygen atoms in total. The van der Waals surface area contributed by atoms with Gasteiger partial charge in [-0.05, 0) is 37.6 Å². The molecule has 2 aliphatic rings. The average molecular weight is 300 g/mol. The van der Waals surface area contributed by atoms with Crippen molar-refractivity contribution in [3.63, 3.8) is 0 Å². The molecular formula is C16H20N4O2. The van der Waals surface area contributed by atoms with Crippen LogP contribution >= 0.6 is 0 Å². The van der Waals surface area contributed by atoms with Gasteiger partial charge in [0.05, 0.1) is 24.3 Å². The number of morpholine rings is 1. The molecule has 0 spiro atoms. The lowest BCUT2D eigenvalue weighted by atomic mass is 10.2. The van der Waals surface area contributed by atoms with Crippen molar-refractivity contribution in [1.29, 1.82) is 5.26 Å². The predicted octanol–water partition coefficient (Wildman–Crippen LogP) is 1.54. The van der Waals surface area contributed by atoms with Crippen LogP contribution in [0, 0.1) is 11.3 Å². The zero-order chi connectivity index (χ0) is 15.4. The molecule has 2 fully saturated rings. The van der Waals surface area contributed by atoms with Crippen molar-refractivity contribution in [2.75, 3.05) is 31.6 Å². The number of nitrogens with zero attached hydrogens (tertiary/aromatic N) is 2. The molecule has 2 atom stereocenters. The van der Waals surface area contributed by atoms with Gasteiger partial charge in [0.2, 0.25) is 0 Å². The summed E-state index contributed by atoms with van der Waals surface area (Å²) < 4.78 is 5.80. The largest absolute Gasteiger partial charge is 0.373 e. The van der Waals surface area contributed by atoms with Gasteiger partial charge in [0.25, 0.3) is 0 Å². The van der Waals surface area contributed by atoms with E-state index in [4.69, 9.17) is 10.00 Å². The maximum atomic E-state index is 11.9. The second kappa shape index (κ2) is 6.77. The molecule has 0 aliphatic carbocycles. The Bertz CT molecular complexity index is 584. The standard InChI is InChI=1S/C16H20N4O2/c17-8-12-3-1-4-13(7-12)19-16(21)18-9-15-10-20-6-2-5-14(20)11-22-15/h1,3-4,7,14-15H,2,5-6,9-11H2,(H2,18,19,21)/t14-,15-/m1/s1. The molecule has 0 saturated carbocycles. The summed E-state index contributed by atoms with van der Waals surface area (Å²) >= 11 is 0. The molecule has 0 unspecified atom stereocenters. The van der Waals surface area contributed by atoms with E-state index in [0.29, 0.717) is 23.8 Å². The van der Waals surface area contributed by atoms with Gasteiger partial charge in [0.1, 0.15) is 0 Å². The molecule has 2 heterocycles. The summed E-state index contributed by atoms with van der Waals surface area (Å²) in [5, 5.41) is 14.4. The van der Waals surface area contributed by atoms with Gasteiger partial charge in [-0.25, -0.2) is 4.79 Å². The Morgan fingerprint density at radius 1 is 1.50 bits per heavy atom. The maximum absolute atomic E-state index is 11.9. The van der Waals surface area contributed by atoms with Gasteiger partial charge < -0.3 is 15.4 Å². The van der Waals surface area contributed by atoms with Gasteiger partial charge in [-0.3, -0.25) is 4.90 Å². The fourth-order valence-corrected chi connectivity index (χ4v) is 3.06. The number of hydrogen-bond acceptors (Lipinski definition) is 4. The molecule has 2 amide bonds. The summed E-state index contributed by atoms with van der Waals surface area (Å²) in [6.45, 7) is 3.28. The summed E-state index contributed by atoms with van der Waals surface area (Å²) in [6.07, 6.45) is 2.50. The summed E-state index contributed by atoms with van der Waals surface area (Å²) in [7, 11) is 0. The van der Waals surface area contributed by atoms with Crippen LogP contribution in [0.3, 0.4) is 0 Å². The zero-order valence-electron chi connectivity index (χ0n) is 12.4. The van der Waals surface area contributed by atoms with E-state index in [1.807, 2.05) is 6.07 Å². The quantitative estimate of drug-likeness (QED) is 0.887. The van der Waals surface area contributed by atoms with E-state index in [-0.39, 0.29) is 12.1 Å². The third kappa shape index (κ3) is 3.56. The Balaban J connectivity index is 1.45. The van der Waals surface area contributed by atoms with Gasteiger partial charge >= 0.3 is 6.03 Å². The summed E-state index contributed by atoms with van der Waals surface area (Å²) in [5.74, 6) is 0. The number of urea groups is 1. The Labute approximate surface area is 130 Å². The van der Waals surface area contributed by atoms with E-state index in [9.17, 15) is 4.79 Å². The summed E-state index contributed by atoms with van der Waals surface area (Å²) in [4.78, 5) is 14.4. The van der Waals surface area contributed by atoms with Crippen LogP contribution in [-0.2, 0) is 4.74 Å². The van der Waals surface area contributed by atoms with Crippen molar-refractivity contribution >= 4 is 11.7 Å². The number of amides is 2. The molecule has 1 aromatic rings. The number of carbonyl (C=O) groups excluding carboxylic acids is 1. The first-order valence-corrected chi connectivity index (χ1v) is 7.65. The first kappa shape index (κ1) is 14.8. The van der Waals surface area contributed by atoms with Crippen LogP contribution in [0.5, 0.6) is 0 Å². The topological polar surface area (TPSA) is 77.4 Å². The number of nitrogens with one attached hydrogen (secondary N) is 2. The SMILES string of the molecule is N#Cc1cccc(NC(=O)NC[C@@H]2CN3CCC[C@@H]3CO2)c1. The van der Waals surface area contributed by atoms with Crippen molar-refractivity contribution in [2.45, 2.75) is 25.0 Å². The highest BCUT2D eigenvalue weighted by Gasteiger charge is 2.32. The monoisotopic (exact) mass is 300 g/mol. The number of hydrogen-bond donors (Lipinski definition) is 2. The van der Waals surface area contributed by atoms with E-state index >= 15 is 0 Å². The lowest BCUT2D eigenvalue weighted by molar-refractivity contribution is -0.0456. The lowest BCUT2D eigenvalue weighted by Gasteiger charge is -2.35. The van der Waals surface area contributed by atoms with E-state index in [0.717, 1.165) is 19.7 Å². The first-order valence-electron chi connectivity index (χ1n) is 7.65. The van der Waals surface area contributed by atoms with Crippen LogP contribution in [0.15, 0.2) is 24.3 Å². The molecule has 1 aromatic carbocycles. The van der Waals surface area contributed by atoms with Crippen LogP contribution < -0.4 is 10.6 Å². The van der Waals surface area contributed by atoms with Gasteiger partial charge in [0.15, 0.2) is 0 Å². The lowest BCUT2D eigenvalue weighted by Crippen LogP contribution is -2.50. The van der Waals surface area contributed by atoms with Gasteiger partial charge in [-0.1, -0.05) is 6.07 Å². The predicted molar refractivity (Wildman–Crippen MR) is 82.5 cm³/mol. The van der Waals surface area contributed by atoms with Crippen molar-refractivity contribution in [2.24, 2.45) is 0 Å². The molecule has 3 rings (SSSR count). The maximum Gasteiger partial charge on any atom is 0.319 e. The number of ether oxygens (including phenoxy) is 1. The van der Waals surface area contributed by atoms with Gasteiger partial charge in [0, 0.05) is 24.8 Å². The Morgan fingerprint density at radius 2 is 2.41 bits per heavy atom. The van der Waals surface area contributed by atoms with Crippen molar-refractivity contribution in [3.8, 4) is 6.07 Å². The fourth-order valence-electron chi connectivity index (χ4n) is 3.06. The van der Waals surface area contributed by atoms with E-state index in [1.54, 1.807) is 24.3 Å². The molecule has 2 saturated heterocycles. The van der Waals surface area contributed by atoms with Crippen molar-refractivity contribution in [3.05, 3.63) is 29.8 Å². The van der Waals surface area contributed by atoms with Crippen LogP contribution in [0.1, 0.15) is 18.4 Å². The first-order chi connectivity index (χ1) is 10.7. The minimum atomic E-state index is -0.276. The van der Waals surface area contributed by atoms with Crippen LogP contribution in [0.25, 0.3) is 0 Å². The molecular weight excluding hydrogens is 280 g/mol. The molecule has 2 aliphatic heterocycles. The molecule has 0 radical (unpaired) electrons. The molecule has 0 bridgehead atoms. The number of benzene rings is 1. The second-order valence-electron chi connectivity index (χ2n) is 5.77. The van der Waals surface area contributed by atoms with Gasteiger partial charge in [-0.2, -0.15) is 5.26 Å². The van der Waals surface area contributed by atoms with Crippen LogP contribution in [0.4, 0.5) is 10.5 Å². The number of anilines is 1. The second-order valence-corrected chi connectivity index (χ2v) is 5.77. The number of carbonyl (C=O) groups is 1. The molecule has 2 N–H and O–H groups in total. The molecule has 116 valence electrons. The molecule has 22 heavy (non-hydrogen) atoms. The van der Waals surface area contributed by atoms with E-state index in [2.05, 4.69) is 15.5 Å². The highest BCUT2D eigenvalue weighted by molar-refractivity contribution is 5.89. The van der Waals surface area contributed by atoms with E-state index in [1.165, 1.54) is 12.8 Å². The number of nitriles is 1. The average Bonchev–Trinajstić information content (AvgIpc) is 3.00. The molecule has 6 heteroatoms. The fraction of sp³-hybridized carbons (Fsp3) is 0.500. The van der Waals surface area contributed by atoms with Crippen LogP contribution in [-0.4, -0.2) is 49.3 Å². The summed E-state index contributed by atoms with van der Waals surface area (Å²) in [6, 6.07) is 9.18. The Hall–Kier alpha value is -2.10. The highest BCUT2D eigenvalue weighted by Crippen LogP contribution is 2.22. The smallest absolute Gasteiger partial charge is 0.319 e. The Morgan fingerprint density at radius 3 is 3.27 bits per heavy atom. The Kier molecular flexibility index (Phi) is 4.56. The zero-order valence-corrected chi connectivity index (χ0v) is 12.4. The minimum absolute atomic E-state index is 0.0468. The van der Waals surface area contributed by atoms with Crippen LogP contribution in [0.2, 0.25) is 0 Å². The van der Waals surface area contributed by atoms with Crippen molar-refractivity contribution < 1.29 is 9.53 Å². The highest BCUT2D eigenvalue weighted by atomic mass is 16.5. The van der Waals surface area contributed by atoms with Gasteiger partial charge in [-0.15, -0.1) is 0 Å². The number of rotatable bonds is 3.